The molecular weight excluding hydrogens is 428 g/mol. The first-order valence-corrected chi connectivity index (χ1v) is 10.5. The number of piperidine rings is 1. The lowest BCUT2D eigenvalue weighted by Gasteiger charge is -2.29. The van der Waals surface area contributed by atoms with Gasteiger partial charge in [0.2, 0.25) is 10.0 Å². The largest absolute Gasteiger partial charge is 0.343 e. The highest BCUT2D eigenvalue weighted by atomic mass is 32.2. The van der Waals surface area contributed by atoms with Crippen molar-refractivity contribution in [2.75, 3.05) is 25.5 Å². The van der Waals surface area contributed by atoms with Crippen LogP contribution in [0.2, 0.25) is 0 Å². The quantitative estimate of drug-likeness (QED) is 0.543. The molecule has 1 aliphatic heterocycles. The van der Waals surface area contributed by atoms with Crippen LogP contribution in [0.5, 0.6) is 0 Å². The molecule has 0 bridgehead atoms. The Kier molecular flexibility index (Phi) is 6.20. The normalized spacial score (nSPS) is 16.1. The number of amides is 1. The smallest absolute Gasteiger partial charge is 0.275 e. The standard InChI is InChI=1S/C18H20F4N4O3S/c1-25-5-3-10(4-6-25)24-30(28,29)14-9-26(2)17(16(14)22)18(27)23-11-7-12(19)15(21)13(20)8-11/h7-10,24H,3-6H2,1-2H3,(H,23,27). The summed E-state index contributed by atoms with van der Waals surface area (Å²) in [5.41, 5.74) is -1.12. The summed E-state index contributed by atoms with van der Waals surface area (Å²) in [4.78, 5) is 13.7. The summed E-state index contributed by atoms with van der Waals surface area (Å²) in [6, 6.07) is 0.681. The Morgan fingerprint density at radius 3 is 2.17 bits per heavy atom. The summed E-state index contributed by atoms with van der Waals surface area (Å²) in [5.74, 6) is -7.25. The number of sulfonamides is 1. The number of anilines is 1. The predicted molar refractivity (Wildman–Crippen MR) is 100 cm³/mol. The van der Waals surface area contributed by atoms with E-state index in [-0.39, 0.29) is 6.04 Å². The lowest BCUT2D eigenvalue weighted by atomic mass is 10.1. The molecule has 7 nitrogen and oxygen atoms in total. The Hall–Kier alpha value is -2.44. The molecule has 2 N–H and O–H groups in total. The fraction of sp³-hybridized carbons (Fsp3) is 0.389. The van der Waals surface area contributed by atoms with Crippen molar-refractivity contribution in [1.82, 2.24) is 14.2 Å². The second kappa shape index (κ2) is 8.36. The molecule has 0 aliphatic carbocycles. The minimum Gasteiger partial charge on any atom is -0.343 e. The van der Waals surface area contributed by atoms with Gasteiger partial charge in [-0.15, -0.1) is 0 Å². The van der Waals surface area contributed by atoms with Crippen LogP contribution in [0.4, 0.5) is 23.2 Å². The minimum absolute atomic E-state index is 0.367. The molecule has 12 heteroatoms. The summed E-state index contributed by atoms with van der Waals surface area (Å²) >= 11 is 0. The number of carbonyl (C=O) groups excluding carboxylic acids is 1. The number of nitrogens with zero attached hydrogens (tertiary/aromatic N) is 2. The predicted octanol–water partition coefficient (Wildman–Crippen LogP) is 2.21. The zero-order chi connectivity index (χ0) is 22.2. The summed E-state index contributed by atoms with van der Waals surface area (Å²) in [6.07, 6.45) is 2.05. The molecule has 3 rings (SSSR count). The average molecular weight is 448 g/mol. The molecule has 0 radical (unpaired) electrons. The van der Waals surface area contributed by atoms with Crippen LogP contribution in [-0.2, 0) is 17.1 Å². The first-order valence-electron chi connectivity index (χ1n) is 9.01. The lowest BCUT2D eigenvalue weighted by molar-refractivity contribution is 0.101. The van der Waals surface area contributed by atoms with E-state index in [9.17, 15) is 30.8 Å². The molecule has 2 heterocycles. The van der Waals surface area contributed by atoms with E-state index >= 15 is 0 Å². The van der Waals surface area contributed by atoms with Crippen molar-refractivity contribution < 1.29 is 30.8 Å². The van der Waals surface area contributed by atoms with Gasteiger partial charge in [-0.1, -0.05) is 0 Å². The van der Waals surface area contributed by atoms with Gasteiger partial charge in [0.25, 0.3) is 5.91 Å². The molecule has 0 atom stereocenters. The molecule has 1 amide bonds. The zero-order valence-corrected chi connectivity index (χ0v) is 17.0. The van der Waals surface area contributed by atoms with E-state index in [2.05, 4.69) is 4.72 Å². The first kappa shape index (κ1) is 22.2. The minimum atomic E-state index is -4.25. The molecule has 1 aliphatic rings. The van der Waals surface area contributed by atoms with E-state index < -0.39 is 55.5 Å². The van der Waals surface area contributed by atoms with Gasteiger partial charge < -0.3 is 14.8 Å². The molecular formula is C18H20F4N4O3S. The Bertz CT molecular complexity index is 1060. The number of aryl methyl sites for hydroxylation is 1. The van der Waals surface area contributed by atoms with E-state index in [1.54, 1.807) is 0 Å². The Morgan fingerprint density at radius 1 is 1.03 bits per heavy atom. The maximum atomic E-state index is 14.9. The van der Waals surface area contributed by atoms with Crippen molar-refractivity contribution in [3.63, 3.8) is 0 Å². The van der Waals surface area contributed by atoms with Gasteiger partial charge in [0.1, 0.15) is 10.6 Å². The first-order chi connectivity index (χ1) is 14.0. The van der Waals surface area contributed by atoms with Gasteiger partial charge in [0.05, 0.1) is 0 Å². The second-order valence-corrected chi connectivity index (χ2v) is 8.86. The maximum absolute atomic E-state index is 14.9. The van der Waals surface area contributed by atoms with Crippen molar-refractivity contribution in [3.8, 4) is 0 Å². The number of benzene rings is 1. The van der Waals surface area contributed by atoms with E-state index in [0.717, 1.165) is 10.8 Å². The molecule has 0 saturated carbocycles. The SMILES string of the molecule is CN1CCC(NS(=O)(=O)c2cn(C)c(C(=O)Nc3cc(F)c(F)c(F)c3)c2F)CC1. The molecule has 1 aromatic carbocycles. The van der Waals surface area contributed by atoms with Crippen molar-refractivity contribution in [1.29, 1.82) is 0 Å². The fourth-order valence-electron chi connectivity index (χ4n) is 3.24. The van der Waals surface area contributed by atoms with Crippen LogP contribution >= 0.6 is 0 Å². The van der Waals surface area contributed by atoms with Crippen LogP contribution in [0.15, 0.2) is 23.2 Å². The molecule has 164 valence electrons. The van der Waals surface area contributed by atoms with Crippen LogP contribution in [-0.4, -0.2) is 50.0 Å². The van der Waals surface area contributed by atoms with Gasteiger partial charge in [-0.2, -0.15) is 0 Å². The van der Waals surface area contributed by atoms with E-state index in [0.29, 0.717) is 38.1 Å². The molecule has 2 aromatic rings. The average Bonchev–Trinajstić information content (AvgIpc) is 2.96. The molecule has 1 aromatic heterocycles. The van der Waals surface area contributed by atoms with Crippen molar-refractivity contribution in [2.24, 2.45) is 7.05 Å². The molecule has 1 saturated heterocycles. The monoisotopic (exact) mass is 448 g/mol. The van der Waals surface area contributed by atoms with E-state index in [1.807, 2.05) is 17.3 Å². The summed E-state index contributed by atoms with van der Waals surface area (Å²) in [5, 5.41) is 2.03. The molecule has 30 heavy (non-hydrogen) atoms. The number of hydrogen-bond donors (Lipinski definition) is 2. The Labute approximate surface area is 170 Å². The third kappa shape index (κ3) is 4.50. The van der Waals surface area contributed by atoms with E-state index in [4.69, 9.17) is 0 Å². The van der Waals surface area contributed by atoms with Crippen molar-refractivity contribution >= 4 is 21.6 Å². The zero-order valence-electron chi connectivity index (χ0n) is 16.2. The van der Waals surface area contributed by atoms with Gasteiger partial charge in [-0.3, -0.25) is 4.79 Å². The number of aromatic nitrogens is 1. The highest BCUT2D eigenvalue weighted by Gasteiger charge is 2.31. The lowest BCUT2D eigenvalue weighted by Crippen LogP contribution is -2.43. The van der Waals surface area contributed by atoms with Crippen LogP contribution < -0.4 is 10.0 Å². The summed E-state index contributed by atoms with van der Waals surface area (Å²) in [7, 11) is -1.09. The Morgan fingerprint density at radius 2 is 1.60 bits per heavy atom. The number of likely N-dealkylation sites (tertiary alicyclic amines) is 1. The number of rotatable bonds is 5. The molecule has 0 unspecified atom stereocenters. The number of halogens is 4. The second-order valence-electron chi connectivity index (χ2n) is 7.17. The highest BCUT2D eigenvalue weighted by molar-refractivity contribution is 7.89. The van der Waals surface area contributed by atoms with Gasteiger partial charge in [0, 0.05) is 37.1 Å². The van der Waals surface area contributed by atoms with Crippen LogP contribution in [0.3, 0.4) is 0 Å². The molecule has 1 fully saturated rings. The fourth-order valence-corrected chi connectivity index (χ4v) is 4.67. The van der Waals surface area contributed by atoms with Gasteiger partial charge >= 0.3 is 0 Å². The van der Waals surface area contributed by atoms with Crippen LogP contribution in [0.25, 0.3) is 0 Å². The topological polar surface area (TPSA) is 83.4 Å². The highest BCUT2D eigenvalue weighted by Crippen LogP contribution is 2.24. The van der Waals surface area contributed by atoms with Gasteiger partial charge in [-0.05, 0) is 33.0 Å². The third-order valence-corrected chi connectivity index (χ3v) is 6.38. The molecule has 0 spiro atoms. The van der Waals surface area contributed by atoms with Gasteiger partial charge in [-0.25, -0.2) is 30.7 Å². The van der Waals surface area contributed by atoms with E-state index in [1.165, 1.54) is 7.05 Å². The van der Waals surface area contributed by atoms with Crippen molar-refractivity contribution in [3.05, 3.63) is 47.3 Å². The number of hydrogen-bond acceptors (Lipinski definition) is 4. The maximum Gasteiger partial charge on any atom is 0.275 e. The van der Waals surface area contributed by atoms with Crippen LogP contribution in [0.1, 0.15) is 23.3 Å². The third-order valence-electron chi connectivity index (χ3n) is 4.87. The van der Waals surface area contributed by atoms with Crippen LogP contribution in [0, 0.1) is 23.3 Å². The summed E-state index contributed by atoms with van der Waals surface area (Å²) < 4.78 is 83.2. The number of nitrogens with one attached hydrogen (secondary N) is 2. The van der Waals surface area contributed by atoms with Crippen molar-refractivity contribution in [2.45, 2.75) is 23.8 Å². The number of carbonyl (C=O) groups is 1. The Balaban J connectivity index is 1.83. The van der Waals surface area contributed by atoms with Gasteiger partial charge in [0.15, 0.2) is 23.3 Å². The summed E-state index contributed by atoms with van der Waals surface area (Å²) in [6.45, 7) is 1.37.